The summed E-state index contributed by atoms with van der Waals surface area (Å²) in [7, 11) is 0. The monoisotopic (exact) mass is 259 g/mol. The van der Waals surface area contributed by atoms with Gasteiger partial charge in [-0.3, -0.25) is 0 Å². The summed E-state index contributed by atoms with van der Waals surface area (Å²) in [6.45, 7) is 10.1. The molecule has 19 heavy (non-hydrogen) atoms. The van der Waals surface area contributed by atoms with Crippen LogP contribution >= 0.6 is 0 Å². The molecule has 0 spiro atoms. The lowest BCUT2D eigenvalue weighted by Gasteiger charge is -2.08. The van der Waals surface area contributed by atoms with Gasteiger partial charge in [-0.1, -0.05) is 19.9 Å². The van der Waals surface area contributed by atoms with Gasteiger partial charge in [0.25, 0.3) is 0 Å². The first kappa shape index (κ1) is 13.7. The van der Waals surface area contributed by atoms with E-state index in [2.05, 4.69) is 40.3 Å². The number of aromatic nitrogens is 4. The summed E-state index contributed by atoms with van der Waals surface area (Å²) in [5.74, 6) is 3.09. The maximum Gasteiger partial charge on any atom is 0.155 e. The van der Waals surface area contributed by atoms with Crippen molar-refractivity contribution in [3.8, 4) is 5.82 Å². The molecule has 0 atom stereocenters. The summed E-state index contributed by atoms with van der Waals surface area (Å²) in [6.07, 6.45) is 1.89. The third-order valence-electron chi connectivity index (χ3n) is 2.78. The largest absolute Gasteiger partial charge is 0.312 e. The molecule has 0 bridgehead atoms. The number of nitrogens with one attached hydrogen (secondary N) is 1. The predicted molar refractivity (Wildman–Crippen MR) is 75.2 cm³/mol. The predicted octanol–water partition coefficient (Wildman–Crippen LogP) is 2.02. The van der Waals surface area contributed by atoms with E-state index in [0.29, 0.717) is 5.92 Å². The summed E-state index contributed by atoms with van der Waals surface area (Å²) in [4.78, 5) is 8.72. The van der Waals surface area contributed by atoms with E-state index >= 15 is 0 Å². The summed E-state index contributed by atoms with van der Waals surface area (Å²) in [5, 5.41) is 7.72. The van der Waals surface area contributed by atoms with E-state index in [-0.39, 0.29) is 0 Å². The molecule has 2 heterocycles. The highest BCUT2D eigenvalue weighted by Gasteiger charge is 2.06. The van der Waals surface area contributed by atoms with Gasteiger partial charge in [-0.15, -0.1) is 5.10 Å². The molecule has 0 unspecified atom stereocenters. The van der Waals surface area contributed by atoms with Gasteiger partial charge in [0.05, 0.1) is 0 Å². The van der Waals surface area contributed by atoms with Crippen molar-refractivity contribution >= 4 is 0 Å². The van der Waals surface area contributed by atoms with Crippen LogP contribution in [-0.4, -0.2) is 26.3 Å². The lowest BCUT2D eigenvalue weighted by atomic mass is 10.2. The smallest absolute Gasteiger partial charge is 0.155 e. The van der Waals surface area contributed by atoms with Crippen molar-refractivity contribution in [2.45, 2.75) is 34.2 Å². The van der Waals surface area contributed by atoms with Crippen LogP contribution in [-0.2, 0) is 6.54 Å². The van der Waals surface area contributed by atoms with E-state index in [1.165, 1.54) is 5.56 Å². The summed E-state index contributed by atoms with van der Waals surface area (Å²) < 4.78 is 1.76. The Hall–Kier alpha value is -1.75. The maximum atomic E-state index is 4.44. The first-order chi connectivity index (χ1) is 9.06. The molecule has 2 aromatic rings. The number of aryl methyl sites for hydroxylation is 2. The Labute approximate surface area is 114 Å². The third kappa shape index (κ3) is 3.61. The van der Waals surface area contributed by atoms with Crippen molar-refractivity contribution in [2.24, 2.45) is 5.92 Å². The van der Waals surface area contributed by atoms with E-state index < -0.39 is 0 Å². The van der Waals surface area contributed by atoms with E-state index in [9.17, 15) is 0 Å². The highest BCUT2D eigenvalue weighted by Crippen LogP contribution is 2.07. The van der Waals surface area contributed by atoms with Crippen molar-refractivity contribution in [3.05, 3.63) is 35.5 Å². The number of rotatable bonds is 5. The summed E-state index contributed by atoms with van der Waals surface area (Å²) >= 11 is 0. The Bertz CT molecular complexity index is 527. The van der Waals surface area contributed by atoms with Crippen LogP contribution in [0.2, 0.25) is 0 Å². The van der Waals surface area contributed by atoms with Gasteiger partial charge in [-0.2, -0.15) is 4.68 Å². The van der Waals surface area contributed by atoms with Crippen LogP contribution in [0.3, 0.4) is 0 Å². The van der Waals surface area contributed by atoms with Gasteiger partial charge >= 0.3 is 0 Å². The van der Waals surface area contributed by atoms with Crippen LogP contribution in [0.1, 0.15) is 31.1 Å². The van der Waals surface area contributed by atoms with E-state index in [4.69, 9.17) is 0 Å². The molecule has 0 saturated carbocycles. The van der Waals surface area contributed by atoms with Gasteiger partial charge in [-0.05, 0) is 37.9 Å². The number of pyridine rings is 1. The van der Waals surface area contributed by atoms with Crippen LogP contribution < -0.4 is 5.32 Å². The van der Waals surface area contributed by atoms with Crippen molar-refractivity contribution in [1.82, 2.24) is 25.1 Å². The lowest BCUT2D eigenvalue weighted by Crippen LogP contribution is -2.19. The molecule has 0 aliphatic carbocycles. The highest BCUT2D eigenvalue weighted by molar-refractivity contribution is 5.25. The Morgan fingerprint density at radius 1 is 1.26 bits per heavy atom. The Morgan fingerprint density at radius 2 is 2.05 bits per heavy atom. The average molecular weight is 259 g/mol. The van der Waals surface area contributed by atoms with Gasteiger partial charge in [0.15, 0.2) is 5.82 Å². The minimum absolute atomic E-state index is 0.660. The Kier molecular flexibility index (Phi) is 4.27. The highest BCUT2D eigenvalue weighted by atomic mass is 15.4. The van der Waals surface area contributed by atoms with E-state index in [0.717, 1.165) is 30.6 Å². The number of hydrogen-bond donors (Lipinski definition) is 1. The topological polar surface area (TPSA) is 55.6 Å². The second kappa shape index (κ2) is 5.93. The minimum atomic E-state index is 0.660. The van der Waals surface area contributed by atoms with Gasteiger partial charge in [0.2, 0.25) is 0 Å². The van der Waals surface area contributed by atoms with Gasteiger partial charge in [-0.25, -0.2) is 9.97 Å². The minimum Gasteiger partial charge on any atom is -0.312 e. The van der Waals surface area contributed by atoms with E-state index in [1.54, 1.807) is 4.68 Å². The van der Waals surface area contributed by atoms with Crippen LogP contribution in [0.4, 0.5) is 0 Å². The normalized spacial score (nSPS) is 11.2. The molecule has 2 aromatic heterocycles. The fraction of sp³-hybridized carbons (Fsp3) is 0.500. The molecule has 0 aliphatic rings. The van der Waals surface area contributed by atoms with Crippen molar-refractivity contribution in [2.75, 3.05) is 6.54 Å². The molecule has 2 rings (SSSR count). The Balaban J connectivity index is 2.04. The van der Waals surface area contributed by atoms with Crippen molar-refractivity contribution < 1.29 is 0 Å². The third-order valence-corrected chi connectivity index (χ3v) is 2.78. The second-order valence-electron chi connectivity index (χ2n) is 5.17. The Morgan fingerprint density at radius 3 is 2.58 bits per heavy atom. The molecule has 0 radical (unpaired) electrons. The molecule has 0 aromatic carbocycles. The van der Waals surface area contributed by atoms with Crippen LogP contribution in [0.5, 0.6) is 0 Å². The van der Waals surface area contributed by atoms with Crippen LogP contribution in [0, 0.1) is 19.8 Å². The van der Waals surface area contributed by atoms with Crippen LogP contribution in [0.15, 0.2) is 18.3 Å². The standard InChI is InChI=1S/C14H21N5/c1-10(2)7-15-8-13-5-6-14(16-9-13)19-12(4)17-11(3)18-19/h5-6,9-10,15H,7-8H2,1-4H3. The SMILES string of the molecule is Cc1nc(C)n(-c2ccc(CNCC(C)C)cn2)n1. The first-order valence-corrected chi connectivity index (χ1v) is 6.62. The summed E-state index contributed by atoms with van der Waals surface area (Å²) in [5.41, 5.74) is 1.18. The fourth-order valence-electron chi connectivity index (χ4n) is 1.89. The zero-order valence-electron chi connectivity index (χ0n) is 12.0. The van der Waals surface area contributed by atoms with E-state index in [1.807, 2.05) is 26.1 Å². The molecule has 0 saturated heterocycles. The molecule has 1 N–H and O–H groups in total. The second-order valence-corrected chi connectivity index (χ2v) is 5.17. The summed E-state index contributed by atoms with van der Waals surface area (Å²) in [6, 6.07) is 4.06. The molecule has 102 valence electrons. The van der Waals surface area contributed by atoms with Gasteiger partial charge in [0.1, 0.15) is 11.6 Å². The van der Waals surface area contributed by atoms with Crippen LogP contribution in [0.25, 0.3) is 5.82 Å². The molecule has 0 amide bonds. The number of nitrogens with zero attached hydrogens (tertiary/aromatic N) is 4. The molecule has 0 aliphatic heterocycles. The molecule has 5 heteroatoms. The van der Waals surface area contributed by atoms with Gasteiger partial charge in [0, 0.05) is 12.7 Å². The zero-order chi connectivity index (χ0) is 13.8. The van der Waals surface area contributed by atoms with Crippen molar-refractivity contribution in [3.63, 3.8) is 0 Å². The average Bonchev–Trinajstić information content (AvgIpc) is 2.69. The molecule has 0 fully saturated rings. The van der Waals surface area contributed by atoms with Gasteiger partial charge < -0.3 is 5.32 Å². The first-order valence-electron chi connectivity index (χ1n) is 6.62. The lowest BCUT2D eigenvalue weighted by molar-refractivity contribution is 0.552. The number of hydrogen-bond acceptors (Lipinski definition) is 4. The fourth-order valence-corrected chi connectivity index (χ4v) is 1.89. The zero-order valence-corrected chi connectivity index (χ0v) is 12.0. The quantitative estimate of drug-likeness (QED) is 0.892. The molecular formula is C14H21N5. The van der Waals surface area contributed by atoms with Crippen molar-refractivity contribution in [1.29, 1.82) is 0 Å². The maximum absolute atomic E-state index is 4.44. The molecular weight excluding hydrogens is 238 g/mol. The molecule has 5 nitrogen and oxygen atoms in total.